The van der Waals surface area contributed by atoms with E-state index in [1.54, 1.807) is 20.8 Å². The number of hydrogen-bond donors (Lipinski definition) is 0. The number of nitrogens with zero attached hydrogens (tertiary/aromatic N) is 1. The van der Waals surface area contributed by atoms with Crippen molar-refractivity contribution in [2.24, 2.45) is 5.92 Å². The summed E-state index contributed by atoms with van der Waals surface area (Å²) in [6, 6.07) is -0.954. The van der Waals surface area contributed by atoms with E-state index in [9.17, 15) is 14.7 Å². The predicted molar refractivity (Wildman–Crippen MR) is 62.2 cm³/mol. The molecule has 1 atom stereocenters. The second kappa shape index (κ2) is 5.89. The topological polar surface area (TPSA) is 69.7 Å². The number of hydrogen-bond acceptors (Lipinski definition) is 4. The first-order valence-electron chi connectivity index (χ1n) is 5.71. The largest absolute Gasteiger partial charge is 0.548 e. The highest BCUT2D eigenvalue weighted by molar-refractivity contribution is 5.78. The minimum absolute atomic E-state index is 0.155. The molecule has 0 aliphatic heterocycles. The van der Waals surface area contributed by atoms with Gasteiger partial charge in [0.15, 0.2) is 0 Å². The number of amides is 1. The van der Waals surface area contributed by atoms with Crippen molar-refractivity contribution in [3.05, 3.63) is 0 Å². The van der Waals surface area contributed by atoms with Gasteiger partial charge in [0.05, 0.1) is 12.0 Å². The molecule has 0 saturated carbocycles. The standard InChI is InChI=1S/C12H23NO4/c1-8(2)7-9(10(14)15)13(6)11(16)17-12(3,4)5/h8-9H,7H2,1-6H3,(H,14,15)/p-1/t9-/m1/s1. The van der Waals surface area contributed by atoms with Gasteiger partial charge in [0.25, 0.3) is 0 Å². The molecule has 0 bridgehead atoms. The normalized spacial score (nSPS) is 13.4. The fraction of sp³-hybridized carbons (Fsp3) is 0.833. The summed E-state index contributed by atoms with van der Waals surface area (Å²) in [4.78, 5) is 23.8. The molecule has 0 rings (SSSR count). The molecule has 0 aromatic rings. The van der Waals surface area contributed by atoms with Crippen LogP contribution in [-0.4, -0.2) is 35.7 Å². The molecule has 0 N–H and O–H groups in total. The molecule has 0 unspecified atom stereocenters. The monoisotopic (exact) mass is 244 g/mol. The Kier molecular flexibility index (Phi) is 5.45. The Bertz CT molecular complexity index is 281. The van der Waals surface area contributed by atoms with Crippen LogP contribution in [0.25, 0.3) is 0 Å². The minimum Gasteiger partial charge on any atom is -0.548 e. The molecule has 0 aromatic carbocycles. The Labute approximate surface area is 103 Å². The summed E-state index contributed by atoms with van der Waals surface area (Å²) in [5.41, 5.74) is -0.639. The van der Waals surface area contributed by atoms with Gasteiger partial charge in [0.1, 0.15) is 5.60 Å². The summed E-state index contributed by atoms with van der Waals surface area (Å²) < 4.78 is 5.11. The average Bonchev–Trinajstić information content (AvgIpc) is 2.09. The molecule has 5 nitrogen and oxygen atoms in total. The highest BCUT2D eigenvalue weighted by Gasteiger charge is 2.26. The highest BCUT2D eigenvalue weighted by Crippen LogP contribution is 2.14. The Morgan fingerprint density at radius 1 is 1.29 bits per heavy atom. The van der Waals surface area contributed by atoms with E-state index >= 15 is 0 Å². The molecule has 0 aliphatic rings. The van der Waals surface area contributed by atoms with Gasteiger partial charge in [0, 0.05) is 7.05 Å². The van der Waals surface area contributed by atoms with Crippen molar-refractivity contribution in [3.63, 3.8) is 0 Å². The Morgan fingerprint density at radius 2 is 1.76 bits per heavy atom. The molecular weight excluding hydrogens is 222 g/mol. The van der Waals surface area contributed by atoms with Gasteiger partial charge in [0.2, 0.25) is 0 Å². The van der Waals surface area contributed by atoms with Gasteiger partial charge in [-0.2, -0.15) is 0 Å². The van der Waals surface area contributed by atoms with E-state index < -0.39 is 23.7 Å². The number of aliphatic carboxylic acids is 1. The van der Waals surface area contributed by atoms with Crippen molar-refractivity contribution in [1.29, 1.82) is 0 Å². The first-order chi connectivity index (χ1) is 7.54. The van der Waals surface area contributed by atoms with Crippen LogP contribution >= 0.6 is 0 Å². The number of likely N-dealkylation sites (N-methyl/N-ethyl adjacent to an activating group) is 1. The van der Waals surface area contributed by atoms with Crippen molar-refractivity contribution in [3.8, 4) is 0 Å². The van der Waals surface area contributed by atoms with Gasteiger partial charge in [-0.05, 0) is 33.1 Å². The van der Waals surface area contributed by atoms with E-state index in [4.69, 9.17) is 4.74 Å². The van der Waals surface area contributed by atoms with E-state index in [1.807, 2.05) is 13.8 Å². The van der Waals surface area contributed by atoms with Crippen molar-refractivity contribution >= 4 is 12.1 Å². The summed E-state index contributed by atoms with van der Waals surface area (Å²) in [7, 11) is 1.41. The number of ether oxygens (including phenoxy) is 1. The SMILES string of the molecule is CC(C)C[C@H](C(=O)[O-])N(C)C(=O)OC(C)(C)C. The summed E-state index contributed by atoms with van der Waals surface area (Å²) in [5, 5.41) is 11.0. The zero-order valence-corrected chi connectivity index (χ0v) is 11.4. The fourth-order valence-electron chi connectivity index (χ4n) is 1.32. The van der Waals surface area contributed by atoms with Crippen LogP contribution in [0.4, 0.5) is 4.79 Å². The molecular formula is C12H22NO4-. The third-order valence-electron chi connectivity index (χ3n) is 2.12. The summed E-state index contributed by atoms with van der Waals surface area (Å²) in [6.45, 7) is 8.97. The lowest BCUT2D eigenvalue weighted by Gasteiger charge is -2.32. The maximum absolute atomic E-state index is 11.7. The first-order valence-corrected chi connectivity index (χ1v) is 5.71. The second-order valence-electron chi connectivity index (χ2n) is 5.56. The van der Waals surface area contributed by atoms with Crippen LogP contribution in [0.15, 0.2) is 0 Å². The predicted octanol–water partition coefficient (Wildman–Crippen LogP) is 1.02. The lowest BCUT2D eigenvalue weighted by atomic mass is 10.0. The molecule has 1 amide bonds. The minimum atomic E-state index is -1.26. The van der Waals surface area contributed by atoms with Crippen molar-refractivity contribution in [1.82, 2.24) is 4.90 Å². The van der Waals surface area contributed by atoms with Gasteiger partial charge in [-0.25, -0.2) is 4.79 Å². The summed E-state index contributed by atoms with van der Waals surface area (Å²) in [5.74, 6) is -1.10. The molecule has 0 saturated heterocycles. The molecule has 0 fully saturated rings. The van der Waals surface area contributed by atoms with Crippen molar-refractivity contribution in [2.45, 2.75) is 52.7 Å². The smallest absolute Gasteiger partial charge is 0.410 e. The van der Waals surface area contributed by atoms with Gasteiger partial charge >= 0.3 is 6.09 Å². The fourth-order valence-corrected chi connectivity index (χ4v) is 1.32. The van der Waals surface area contributed by atoms with Gasteiger partial charge in [-0.1, -0.05) is 13.8 Å². The van der Waals surface area contributed by atoms with Crippen LogP contribution in [0.1, 0.15) is 41.0 Å². The third-order valence-corrected chi connectivity index (χ3v) is 2.12. The molecule has 0 heterocycles. The quantitative estimate of drug-likeness (QED) is 0.740. The van der Waals surface area contributed by atoms with Crippen LogP contribution in [0.3, 0.4) is 0 Å². The third kappa shape index (κ3) is 6.14. The zero-order valence-electron chi connectivity index (χ0n) is 11.4. The molecule has 5 heteroatoms. The van der Waals surface area contributed by atoms with Crippen LogP contribution < -0.4 is 5.11 Å². The summed E-state index contributed by atoms with van der Waals surface area (Å²) in [6.07, 6.45) is -0.301. The first kappa shape index (κ1) is 15.7. The molecule has 17 heavy (non-hydrogen) atoms. The van der Waals surface area contributed by atoms with E-state index in [0.29, 0.717) is 6.42 Å². The maximum Gasteiger partial charge on any atom is 0.410 e. The van der Waals surface area contributed by atoms with E-state index in [-0.39, 0.29) is 5.92 Å². The van der Waals surface area contributed by atoms with E-state index in [0.717, 1.165) is 4.90 Å². The van der Waals surface area contributed by atoms with Crippen molar-refractivity contribution < 1.29 is 19.4 Å². The number of carbonyl (C=O) groups is 2. The Hall–Kier alpha value is -1.26. The molecule has 0 aromatic heterocycles. The number of carbonyl (C=O) groups excluding carboxylic acids is 2. The highest BCUT2D eigenvalue weighted by atomic mass is 16.6. The number of carboxylic acid groups (broad SMARTS) is 1. The lowest BCUT2D eigenvalue weighted by Crippen LogP contribution is -2.50. The van der Waals surface area contributed by atoms with Crippen molar-refractivity contribution in [2.75, 3.05) is 7.05 Å². The van der Waals surface area contributed by atoms with Crippen LogP contribution in [0.5, 0.6) is 0 Å². The van der Waals surface area contributed by atoms with Crippen LogP contribution in [0.2, 0.25) is 0 Å². The number of rotatable bonds is 4. The molecule has 100 valence electrons. The average molecular weight is 244 g/mol. The molecule has 0 spiro atoms. The Morgan fingerprint density at radius 3 is 2.06 bits per heavy atom. The molecule has 0 radical (unpaired) electrons. The summed E-state index contributed by atoms with van der Waals surface area (Å²) >= 11 is 0. The van der Waals surface area contributed by atoms with E-state index in [2.05, 4.69) is 0 Å². The van der Waals surface area contributed by atoms with Crippen LogP contribution in [0, 0.1) is 5.92 Å². The van der Waals surface area contributed by atoms with E-state index in [1.165, 1.54) is 7.05 Å². The molecule has 0 aliphatic carbocycles. The second-order valence-corrected chi connectivity index (χ2v) is 5.56. The van der Waals surface area contributed by atoms with Gasteiger partial charge in [-0.15, -0.1) is 0 Å². The van der Waals surface area contributed by atoms with Gasteiger partial charge < -0.3 is 19.5 Å². The lowest BCUT2D eigenvalue weighted by molar-refractivity contribution is -0.311. The van der Waals surface area contributed by atoms with Crippen LogP contribution in [-0.2, 0) is 9.53 Å². The number of carboxylic acids is 1. The van der Waals surface area contributed by atoms with Gasteiger partial charge in [-0.3, -0.25) is 0 Å². The Balaban J connectivity index is 4.67. The zero-order chi connectivity index (χ0) is 13.8. The maximum atomic E-state index is 11.7.